The maximum Gasteiger partial charge on any atom is 0.194 e. The maximum atomic E-state index is 11.1. The van der Waals surface area contributed by atoms with E-state index in [1.807, 2.05) is 0 Å². The lowest BCUT2D eigenvalue weighted by Crippen LogP contribution is -2.28. The van der Waals surface area contributed by atoms with Gasteiger partial charge >= 0.3 is 0 Å². The molecule has 36 valence electrons. The molecule has 0 fully saturated rings. The molecular weight excluding hydrogens is 155 g/mol. The number of hydrogen-bond acceptors (Lipinski definition) is 2. The predicted molar refractivity (Wildman–Crippen MR) is 18.8 cm³/mol. The summed E-state index contributed by atoms with van der Waals surface area (Å²) in [5, 5.41) is 7.14. The highest BCUT2D eigenvalue weighted by Gasteiger charge is 1.95. The van der Waals surface area contributed by atoms with Crippen LogP contribution in [0.25, 0.3) is 0 Å². The monoisotopic (exact) mass is 155 g/mol. The van der Waals surface area contributed by atoms with Gasteiger partial charge in [0.25, 0.3) is 0 Å². The van der Waals surface area contributed by atoms with Crippen LogP contribution >= 0.6 is 15.9 Å². The van der Waals surface area contributed by atoms with E-state index in [1.54, 1.807) is 0 Å². The molecule has 0 rings (SSSR count). The van der Waals surface area contributed by atoms with Crippen LogP contribution in [0.3, 0.4) is 0 Å². The van der Waals surface area contributed by atoms with Crippen LogP contribution in [-0.2, 0) is 4.79 Å². The van der Waals surface area contributed by atoms with Gasteiger partial charge in [0.05, 0.1) is 5.97 Å². The van der Waals surface area contributed by atoms with Crippen molar-refractivity contribution in [2.75, 3.05) is 0 Å². The lowest BCUT2D eigenvalue weighted by molar-refractivity contribution is -0.307. The molecule has 0 aromatic rings. The minimum atomic E-state index is -2.03. The molecule has 0 spiro atoms. The Hall–Kier alpha value is -0.120. The van der Waals surface area contributed by atoms with Crippen LogP contribution in [0.5, 0.6) is 0 Å². The van der Waals surface area contributed by atoms with Crippen molar-refractivity contribution in [3.63, 3.8) is 0 Å². The van der Waals surface area contributed by atoms with E-state index >= 15 is 0 Å². The average Bonchev–Trinajstić information content (AvgIpc) is 1.36. The number of hydrogen-bond donors (Lipinski definition) is 0. The number of rotatable bonds is 1. The zero-order valence-electron chi connectivity index (χ0n) is 2.65. The van der Waals surface area contributed by atoms with E-state index in [0.29, 0.717) is 0 Å². The van der Waals surface area contributed by atoms with Crippen LogP contribution in [-0.4, -0.2) is 11.1 Å². The minimum absolute atomic E-state index is 1.74. The number of carboxylic acids is 1. The van der Waals surface area contributed by atoms with Crippen molar-refractivity contribution in [1.29, 1.82) is 0 Å². The highest BCUT2D eigenvalue weighted by atomic mass is 79.9. The second-order valence-corrected chi connectivity index (χ2v) is 1.42. The molecule has 0 aromatic carbocycles. The smallest absolute Gasteiger partial charge is 0.194 e. The van der Waals surface area contributed by atoms with Crippen molar-refractivity contribution in [3.8, 4) is 0 Å². The number of alkyl halides is 2. The normalized spacial score (nSPS) is 13.7. The molecule has 1 unspecified atom stereocenters. The van der Waals surface area contributed by atoms with Gasteiger partial charge in [0, 0.05) is 0 Å². The van der Waals surface area contributed by atoms with Gasteiger partial charge in [-0.1, -0.05) is 0 Å². The van der Waals surface area contributed by atoms with Crippen molar-refractivity contribution in [2.45, 2.75) is 5.08 Å². The van der Waals surface area contributed by atoms with Crippen LogP contribution in [0, 0.1) is 0 Å². The van der Waals surface area contributed by atoms with E-state index in [0.717, 1.165) is 0 Å². The zero-order valence-corrected chi connectivity index (χ0v) is 4.24. The van der Waals surface area contributed by atoms with Crippen LogP contribution in [0.2, 0.25) is 0 Å². The van der Waals surface area contributed by atoms with Gasteiger partial charge in [-0.05, 0) is 15.9 Å². The molecule has 0 N–H and O–H groups in total. The van der Waals surface area contributed by atoms with Gasteiger partial charge in [-0.2, -0.15) is 0 Å². The van der Waals surface area contributed by atoms with E-state index in [2.05, 4.69) is 15.9 Å². The second kappa shape index (κ2) is 2.12. The fourth-order valence-corrected chi connectivity index (χ4v) is 0. The molecule has 0 aliphatic carbocycles. The fraction of sp³-hybridized carbons (Fsp3) is 0.500. The Morgan fingerprint density at radius 2 is 2.17 bits per heavy atom. The highest BCUT2D eigenvalue weighted by Crippen LogP contribution is 1.95. The molecule has 6 heavy (non-hydrogen) atoms. The number of halogens is 2. The highest BCUT2D eigenvalue weighted by molar-refractivity contribution is 9.09. The van der Waals surface area contributed by atoms with Gasteiger partial charge in [-0.25, -0.2) is 4.39 Å². The lowest BCUT2D eigenvalue weighted by atomic mass is 10.8. The SMILES string of the molecule is O=C([O-])C(F)Br. The summed E-state index contributed by atoms with van der Waals surface area (Å²) >= 11 is 2.11. The molecule has 0 aliphatic heterocycles. The Balaban J connectivity index is 3.26. The Labute approximate surface area is 42.1 Å². The zero-order chi connectivity index (χ0) is 5.15. The standard InChI is InChI=1S/C2H2BrFO2/c3-1(4)2(5)6/h1H,(H,5,6)/p-1. The van der Waals surface area contributed by atoms with E-state index in [4.69, 9.17) is 9.90 Å². The first kappa shape index (κ1) is 5.88. The van der Waals surface area contributed by atoms with E-state index in [9.17, 15) is 4.39 Å². The number of carbonyl (C=O) groups is 1. The second-order valence-electron chi connectivity index (χ2n) is 0.620. The topological polar surface area (TPSA) is 40.1 Å². The molecule has 0 bridgehead atoms. The van der Waals surface area contributed by atoms with E-state index in [-0.39, 0.29) is 0 Å². The van der Waals surface area contributed by atoms with Crippen LogP contribution in [0.1, 0.15) is 0 Å². The van der Waals surface area contributed by atoms with Gasteiger partial charge in [-0.3, -0.25) is 0 Å². The average molecular weight is 156 g/mol. The minimum Gasteiger partial charge on any atom is -0.546 e. The Bertz CT molecular complexity index is 62.6. The first-order valence-electron chi connectivity index (χ1n) is 1.13. The first-order chi connectivity index (χ1) is 2.64. The van der Waals surface area contributed by atoms with Gasteiger partial charge in [0.15, 0.2) is 5.08 Å². The molecule has 0 aliphatic rings. The van der Waals surface area contributed by atoms with E-state index < -0.39 is 11.1 Å². The molecule has 0 heterocycles. The molecule has 4 heteroatoms. The van der Waals surface area contributed by atoms with Gasteiger partial charge < -0.3 is 9.90 Å². The largest absolute Gasteiger partial charge is 0.546 e. The summed E-state index contributed by atoms with van der Waals surface area (Å²) in [7, 11) is 0. The molecule has 2 nitrogen and oxygen atoms in total. The number of aliphatic carboxylic acids is 1. The van der Waals surface area contributed by atoms with E-state index in [1.165, 1.54) is 0 Å². The Kier molecular flexibility index (Phi) is 2.08. The Morgan fingerprint density at radius 1 is 2.00 bits per heavy atom. The predicted octanol–water partition coefficient (Wildman–Crippen LogP) is -0.573. The van der Waals surface area contributed by atoms with Crippen LogP contribution in [0.15, 0.2) is 0 Å². The maximum absolute atomic E-state index is 11.1. The number of carbonyl (C=O) groups excluding carboxylic acids is 1. The first-order valence-corrected chi connectivity index (χ1v) is 2.05. The van der Waals surface area contributed by atoms with Crippen LogP contribution in [0.4, 0.5) is 4.39 Å². The summed E-state index contributed by atoms with van der Waals surface area (Å²) in [6.45, 7) is 0. The van der Waals surface area contributed by atoms with Gasteiger partial charge in [0.1, 0.15) is 0 Å². The summed E-state index contributed by atoms with van der Waals surface area (Å²) in [6, 6.07) is 0. The summed E-state index contributed by atoms with van der Waals surface area (Å²) in [6.07, 6.45) is 0. The molecule has 0 saturated heterocycles. The van der Waals surface area contributed by atoms with Gasteiger partial charge in [0.2, 0.25) is 0 Å². The summed E-state index contributed by atoms with van der Waals surface area (Å²) in [5.41, 5.74) is 0. The van der Waals surface area contributed by atoms with Crippen molar-refractivity contribution >= 4 is 21.9 Å². The Morgan fingerprint density at radius 3 is 2.17 bits per heavy atom. The third kappa shape index (κ3) is 2.14. The molecule has 1 atom stereocenters. The van der Waals surface area contributed by atoms with Gasteiger partial charge in [-0.15, -0.1) is 0 Å². The molecular formula is C2HBrFO2-. The molecule has 0 amide bonds. The van der Waals surface area contributed by atoms with Crippen molar-refractivity contribution < 1.29 is 14.3 Å². The van der Waals surface area contributed by atoms with Crippen molar-refractivity contribution in [1.82, 2.24) is 0 Å². The molecule has 0 aromatic heterocycles. The van der Waals surface area contributed by atoms with Crippen molar-refractivity contribution in [2.24, 2.45) is 0 Å². The summed E-state index contributed by atoms with van der Waals surface area (Å²) in [5.74, 6) is -1.74. The van der Waals surface area contributed by atoms with Crippen LogP contribution < -0.4 is 5.11 Å². The molecule has 0 radical (unpaired) electrons. The number of carboxylic acid groups (broad SMARTS) is 1. The summed E-state index contributed by atoms with van der Waals surface area (Å²) in [4.78, 5) is 9.17. The molecule has 0 saturated carbocycles. The summed E-state index contributed by atoms with van der Waals surface area (Å²) < 4.78 is 11.1. The van der Waals surface area contributed by atoms with Crippen molar-refractivity contribution in [3.05, 3.63) is 0 Å². The quantitative estimate of drug-likeness (QED) is 0.476. The fourth-order valence-electron chi connectivity index (χ4n) is 0. The third-order valence-electron chi connectivity index (χ3n) is 0.178. The lowest BCUT2D eigenvalue weighted by Gasteiger charge is -1.95. The third-order valence-corrected chi connectivity index (χ3v) is 0.552.